The molecule has 0 saturated heterocycles. The van der Waals surface area contributed by atoms with Gasteiger partial charge >= 0.3 is 0 Å². The van der Waals surface area contributed by atoms with Gasteiger partial charge in [-0.1, -0.05) is 108 Å². The molecule has 10 heteroatoms. The first-order valence-corrected chi connectivity index (χ1v) is 15.3. The summed E-state index contributed by atoms with van der Waals surface area (Å²) in [6.45, 7) is 0. The van der Waals surface area contributed by atoms with Crippen LogP contribution in [0.5, 0.6) is 0 Å². The Labute approximate surface area is 232 Å². The first kappa shape index (κ1) is 27.6. The van der Waals surface area contributed by atoms with Gasteiger partial charge in [-0.15, -0.1) is 11.3 Å². The van der Waals surface area contributed by atoms with E-state index in [1.165, 1.54) is 23.0 Å². The molecule has 1 N–H and O–H groups in total. The van der Waals surface area contributed by atoms with Gasteiger partial charge in [0.15, 0.2) is 5.13 Å². The second kappa shape index (κ2) is 12.9. The van der Waals surface area contributed by atoms with Crippen molar-refractivity contribution < 1.29 is 13.3 Å². The highest BCUT2D eigenvalue weighted by molar-refractivity contribution is 7.99. The van der Waals surface area contributed by atoms with Crippen LogP contribution in [0.15, 0.2) is 108 Å². The molecule has 0 aliphatic carbocycles. The van der Waals surface area contributed by atoms with Crippen LogP contribution in [0.4, 0.5) is 13.9 Å². The fourth-order valence-electron chi connectivity index (χ4n) is 3.36. The minimum absolute atomic E-state index is 0.323. The molecule has 0 fully saturated rings. The number of hydrogen-bond donors (Lipinski definition) is 1. The maximum atomic E-state index is 14.1. The van der Waals surface area contributed by atoms with Crippen molar-refractivity contribution in [3.63, 3.8) is 0 Å². The van der Waals surface area contributed by atoms with Crippen LogP contribution in [-0.2, 0) is 11.0 Å². The Bertz CT molecular complexity index is 1370. The third-order valence-corrected chi connectivity index (χ3v) is 9.65. The normalized spacial score (nSPS) is 14.0. The molecule has 0 aliphatic rings. The molecular formula is C27H21Cl2F2N2OPS2. The van der Waals surface area contributed by atoms with Gasteiger partial charge in [0.2, 0.25) is 7.29 Å². The molecule has 0 bridgehead atoms. The second-order valence-corrected chi connectivity index (χ2v) is 13.0. The molecule has 4 aromatic rings. The van der Waals surface area contributed by atoms with Crippen molar-refractivity contribution >= 4 is 68.8 Å². The second-order valence-electron chi connectivity index (χ2n) is 7.84. The van der Waals surface area contributed by atoms with Gasteiger partial charge in [0, 0.05) is 34.0 Å². The number of aromatic nitrogens is 1. The minimum atomic E-state index is -3.44. The molecule has 3 nitrogen and oxygen atoms in total. The van der Waals surface area contributed by atoms with E-state index in [1.807, 2.05) is 72.8 Å². The highest BCUT2D eigenvalue weighted by Crippen LogP contribution is 2.54. The number of hydrogen-bond acceptors (Lipinski definition) is 4. The zero-order valence-electron chi connectivity index (χ0n) is 19.2. The van der Waals surface area contributed by atoms with Crippen molar-refractivity contribution in [2.75, 3.05) is 5.09 Å². The standard InChI is InChI=1S/C27H21Cl2F2N2OPS2/c28-24(20-7-3-1-4-8-20)17-35(34,18-25(29)21-9-5-2-6-10-21)33-27-32-16-23(37-27)15-19-11-13-22(14-12-19)36-26(30)31/h1-14,16-18,26H,15H2,(H,32,33,34). The summed E-state index contributed by atoms with van der Waals surface area (Å²) in [6.07, 6.45) is 2.26. The van der Waals surface area contributed by atoms with Crippen molar-refractivity contribution in [1.82, 2.24) is 4.98 Å². The SMILES string of the molecule is O=P(C=C(Cl)c1ccccc1)(C=C(Cl)c1ccccc1)Nc1ncc(Cc2ccc(SC(F)F)cc2)s1. The molecule has 0 atom stereocenters. The lowest BCUT2D eigenvalue weighted by atomic mass is 10.1. The Morgan fingerprint density at radius 2 is 1.46 bits per heavy atom. The van der Waals surface area contributed by atoms with Gasteiger partial charge in [-0.2, -0.15) is 8.78 Å². The molecule has 190 valence electrons. The predicted octanol–water partition coefficient (Wildman–Crippen LogP) is 10.2. The quantitative estimate of drug-likeness (QED) is 0.147. The lowest BCUT2D eigenvalue weighted by Gasteiger charge is -2.13. The maximum absolute atomic E-state index is 14.1. The van der Waals surface area contributed by atoms with E-state index < -0.39 is 13.1 Å². The Balaban J connectivity index is 1.58. The molecule has 3 aromatic carbocycles. The van der Waals surface area contributed by atoms with Crippen LogP contribution in [0.3, 0.4) is 0 Å². The average molecular weight is 593 g/mol. The van der Waals surface area contributed by atoms with Crippen molar-refractivity contribution in [2.45, 2.75) is 17.1 Å². The van der Waals surface area contributed by atoms with Crippen LogP contribution >= 0.6 is 53.6 Å². The van der Waals surface area contributed by atoms with Gasteiger partial charge in [-0.05, 0) is 28.8 Å². The monoisotopic (exact) mass is 592 g/mol. The van der Waals surface area contributed by atoms with Crippen molar-refractivity contribution in [2.24, 2.45) is 0 Å². The summed E-state index contributed by atoms with van der Waals surface area (Å²) in [5.74, 6) is 0.510. The molecule has 37 heavy (non-hydrogen) atoms. The molecule has 0 aliphatic heterocycles. The summed E-state index contributed by atoms with van der Waals surface area (Å²) in [5.41, 5.74) is 2.41. The van der Waals surface area contributed by atoms with Crippen LogP contribution < -0.4 is 5.09 Å². The third-order valence-electron chi connectivity index (χ3n) is 5.06. The van der Waals surface area contributed by atoms with Gasteiger partial charge in [-0.3, -0.25) is 4.57 Å². The Hall–Kier alpha value is -2.41. The summed E-state index contributed by atoms with van der Waals surface area (Å²) in [7, 11) is -3.44. The third kappa shape index (κ3) is 8.29. The molecule has 1 aromatic heterocycles. The summed E-state index contributed by atoms with van der Waals surface area (Å²) in [5, 5.41) is 4.14. The molecule has 0 saturated carbocycles. The van der Waals surface area contributed by atoms with E-state index in [4.69, 9.17) is 23.2 Å². The maximum Gasteiger partial charge on any atom is 0.288 e. The molecule has 0 unspecified atom stereocenters. The van der Waals surface area contributed by atoms with Gasteiger partial charge in [0.25, 0.3) is 5.76 Å². The summed E-state index contributed by atoms with van der Waals surface area (Å²) < 4.78 is 39.2. The van der Waals surface area contributed by atoms with Gasteiger partial charge in [-0.25, -0.2) is 4.98 Å². The fraction of sp³-hybridized carbons (Fsp3) is 0.0741. The van der Waals surface area contributed by atoms with Crippen molar-refractivity contribution in [3.8, 4) is 0 Å². The minimum Gasteiger partial charge on any atom is -0.306 e. The van der Waals surface area contributed by atoms with Crippen molar-refractivity contribution in [1.29, 1.82) is 0 Å². The van der Waals surface area contributed by atoms with Crippen LogP contribution in [0.1, 0.15) is 21.6 Å². The van der Waals surface area contributed by atoms with E-state index in [2.05, 4.69) is 10.1 Å². The zero-order chi connectivity index (χ0) is 26.3. The van der Waals surface area contributed by atoms with Crippen LogP contribution in [0.25, 0.3) is 10.1 Å². The van der Waals surface area contributed by atoms with Gasteiger partial charge in [0.1, 0.15) is 0 Å². The summed E-state index contributed by atoms with van der Waals surface area (Å²) >= 11 is 15.0. The number of alkyl halides is 2. The van der Waals surface area contributed by atoms with Crippen LogP contribution in [0, 0.1) is 0 Å². The number of benzene rings is 3. The first-order chi connectivity index (χ1) is 17.8. The molecule has 1 heterocycles. The average Bonchev–Trinajstić information content (AvgIpc) is 3.31. The molecule has 0 amide bonds. The van der Waals surface area contributed by atoms with E-state index in [-0.39, 0.29) is 0 Å². The number of halogens is 4. The number of thiazole rings is 1. The van der Waals surface area contributed by atoms with Crippen LogP contribution in [0.2, 0.25) is 0 Å². The lowest BCUT2D eigenvalue weighted by molar-refractivity contribution is 0.252. The van der Waals surface area contributed by atoms with E-state index in [0.29, 0.717) is 38.3 Å². The Morgan fingerprint density at radius 1 is 0.919 bits per heavy atom. The lowest BCUT2D eigenvalue weighted by Crippen LogP contribution is -1.93. The molecule has 4 rings (SSSR count). The van der Waals surface area contributed by atoms with Gasteiger partial charge in [0.05, 0.1) is 10.1 Å². The number of thioether (sulfide) groups is 1. The topological polar surface area (TPSA) is 42.0 Å². The number of nitrogens with one attached hydrogen (secondary N) is 1. The highest BCUT2D eigenvalue weighted by Gasteiger charge is 2.21. The predicted molar refractivity (Wildman–Crippen MR) is 155 cm³/mol. The summed E-state index contributed by atoms with van der Waals surface area (Å²) in [4.78, 5) is 5.83. The van der Waals surface area contributed by atoms with E-state index in [0.717, 1.165) is 21.6 Å². The van der Waals surface area contributed by atoms with Crippen molar-refractivity contribution in [3.05, 3.63) is 124 Å². The molecule has 0 spiro atoms. The Kier molecular flexibility index (Phi) is 9.63. The number of nitrogens with zero attached hydrogens (tertiary/aromatic N) is 1. The highest BCUT2D eigenvalue weighted by atomic mass is 35.5. The van der Waals surface area contributed by atoms with Gasteiger partial charge < -0.3 is 5.09 Å². The molecular weight excluding hydrogens is 572 g/mol. The van der Waals surface area contributed by atoms with E-state index >= 15 is 0 Å². The number of anilines is 1. The smallest absolute Gasteiger partial charge is 0.288 e. The fourth-order valence-corrected chi connectivity index (χ4v) is 7.82. The summed E-state index contributed by atoms with van der Waals surface area (Å²) in [6, 6.07) is 25.4. The van der Waals surface area contributed by atoms with E-state index in [1.54, 1.807) is 18.3 Å². The first-order valence-electron chi connectivity index (χ1n) is 11.0. The van der Waals surface area contributed by atoms with Crippen LogP contribution in [-0.4, -0.2) is 10.7 Å². The molecule has 0 radical (unpaired) electrons. The largest absolute Gasteiger partial charge is 0.306 e. The zero-order valence-corrected chi connectivity index (χ0v) is 23.3. The van der Waals surface area contributed by atoms with E-state index in [9.17, 15) is 13.3 Å². The number of rotatable bonds is 10. The Morgan fingerprint density at radius 3 is 1.97 bits per heavy atom.